The molecule has 3 nitrogen and oxygen atoms in total. The van der Waals surface area contributed by atoms with E-state index < -0.39 is 0 Å². The molecule has 1 saturated carbocycles. The molecule has 1 amide bonds. The molecule has 4 rings (SSSR count). The lowest BCUT2D eigenvalue weighted by atomic mass is 9.80. The Morgan fingerprint density at radius 3 is 2.91 bits per heavy atom. The molecule has 0 aromatic heterocycles. The van der Waals surface area contributed by atoms with Crippen molar-refractivity contribution in [1.82, 2.24) is 10.6 Å². The maximum Gasteiger partial charge on any atom is 0.224 e. The fraction of sp³-hybridized carbons (Fsp3) is 0.632. The first-order valence-corrected chi connectivity index (χ1v) is 8.89. The molecular weight excluding hydrogens is 291 g/mol. The van der Waals surface area contributed by atoms with Crippen LogP contribution in [0.25, 0.3) is 0 Å². The summed E-state index contributed by atoms with van der Waals surface area (Å²) in [6.07, 6.45) is 4.94. The van der Waals surface area contributed by atoms with Crippen molar-refractivity contribution < 1.29 is 9.18 Å². The molecule has 4 heteroatoms. The molecule has 2 aliphatic carbocycles. The van der Waals surface area contributed by atoms with Crippen molar-refractivity contribution in [1.29, 1.82) is 0 Å². The van der Waals surface area contributed by atoms with Gasteiger partial charge >= 0.3 is 0 Å². The molecule has 3 aliphatic rings. The average molecular weight is 316 g/mol. The Bertz CT molecular complexity index is 624. The fourth-order valence-corrected chi connectivity index (χ4v) is 4.65. The summed E-state index contributed by atoms with van der Waals surface area (Å²) in [5.74, 6) is 0.572. The predicted octanol–water partition coefficient (Wildman–Crippen LogP) is 2.96. The number of benzene rings is 1. The van der Waals surface area contributed by atoms with Crippen molar-refractivity contribution in [2.75, 3.05) is 13.1 Å². The van der Waals surface area contributed by atoms with E-state index in [0.717, 1.165) is 56.3 Å². The first-order valence-electron chi connectivity index (χ1n) is 8.89. The molecule has 1 aromatic rings. The Hall–Kier alpha value is -1.42. The number of carbonyl (C=O) groups excluding carboxylic acids is 1. The van der Waals surface area contributed by atoms with E-state index in [9.17, 15) is 9.18 Å². The van der Waals surface area contributed by atoms with Gasteiger partial charge in [-0.25, -0.2) is 4.39 Å². The van der Waals surface area contributed by atoms with Crippen molar-refractivity contribution >= 4 is 5.91 Å². The lowest BCUT2D eigenvalue weighted by Crippen LogP contribution is -2.38. The van der Waals surface area contributed by atoms with Gasteiger partial charge < -0.3 is 10.6 Å². The van der Waals surface area contributed by atoms with E-state index in [4.69, 9.17) is 0 Å². The molecule has 3 atom stereocenters. The number of carbonyl (C=O) groups is 1. The summed E-state index contributed by atoms with van der Waals surface area (Å²) in [4.78, 5) is 12.8. The Morgan fingerprint density at radius 1 is 1.35 bits per heavy atom. The molecule has 2 N–H and O–H groups in total. The lowest BCUT2D eigenvalue weighted by molar-refractivity contribution is -0.124. The summed E-state index contributed by atoms with van der Waals surface area (Å²) < 4.78 is 14.0. The van der Waals surface area contributed by atoms with Crippen LogP contribution in [0.15, 0.2) is 18.2 Å². The van der Waals surface area contributed by atoms with E-state index in [1.54, 1.807) is 6.07 Å². The van der Waals surface area contributed by atoms with Crippen molar-refractivity contribution in [3.05, 3.63) is 35.1 Å². The summed E-state index contributed by atoms with van der Waals surface area (Å²) in [5, 5.41) is 6.63. The molecular formula is C19H25FN2O. The maximum atomic E-state index is 14.0. The molecule has 23 heavy (non-hydrogen) atoms. The highest BCUT2D eigenvalue weighted by molar-refractivity contribution is 5.83. The van der Waals surface area contributed by atoms with Crippen molar-refractivity contribution in [3.63, 3.8) is 0 Å². The smallest absolute Gasteiger partial charge is 0.224 e. The van der Waals surface area contributed by atoms with Gasteiger partial charge in [-0.05, 0) is 73.7 Å². The molecule has 2 fully saturated rings. The Labute approximate surface area is 137 Å². The summed E-state index contributed by atoms with van der Waals surface area (Å²) in [6.45, 7) is 4.21. The van der Waals surface area contributed by atoms with E-state index in [0.29, 0.717) is 5.92 Å². The monoisotopic (exact) mass is 316 g/mol. The Kier molecular flexibility index (Phi) is 3.67. The lowest BCUT2D eigenvalue weighted by Gasteiger charge is -2.33. The highest BCUT2D eigenvalue weighted by atomic mass is 19.1. The number of hydrogen-bond donors (Lipinski definition) is 2. The Balaban J connectivity index is 1.51. The molecule has 1 aliphatic heterocycles. The first kappa shape index (κ1) is 15.1. The van der Waals surface area contributed by atoms with E-state index in [-0.39, 0.29) is 29.1 Å². The van der Waals surface area contributed by atoms with Crippen LogP contribution in [0.4, 0.5) is 4.39 Å². The largest absolute Gasteiger partial charge is 0.349 e. The van der Waals surface area contributed by atoms with Gasteiger partial charge in [0.05, 0.1) is 6.04 Å². The van der Waals surface area contributed by atoms with Crippen LogP contribution in [0.5, 0.6) is 0 Å². The molecule has 124 valence electrons. The van der Waals surface area contributed by atoms with Crippen LogP contribution < -0.4 is 10.6 Å². The predicted molar refractivity (Wildman–Crippen MR) is 87.4 cm³/mol. The third kappa shape index (κ3) is 2.57. The van der Waals surface area contributed by atoms with Crippen LogP contribution in [0, 0.1) is 23.1 Å². The SMILES string of the molecule is CC1CCc2c(F)cccc2C1NC(=O)C1CC12CCNCC2. The second-order valence-electron chi connectivity index (χ2n) is 7.68. The van der Waals surface area contributed by atoms with Gasteiger partial charge in [-0.1, -0.05) is 19.1 Å². The maximum absolute atomic E-state index is 14.0. The molecule has 1 saturated heterocycles. The van der Waals surface area contributed by atoms with E-state index in [2.05, 4.69) is 17.6 Å². The number of fused-ring (bicyclic) bond motifs is 1. The normalized spacial score (nSPS) is 31.5. The molecule has 0 bridgehead atoms. The third-order valence-electron chi connectivity index (χ3n) is 6.31. The van der Waals surface area contributed by atoms with Gasteiger partial charge in [-0.2, -0.15) is 0 Å². The average Bonchev–Trinajstić information content (AvgIpc) is 3.24. The summed E-state index contributed by atoms with van der Waals surface area (Å²) in [5.41, 5.74) is 2.03. The minimum atomic E-state index is -0.130. The van der Waals surface area contributed by atoms with Crippen LogP contribution in [-0.4, -0.2) is 19.0 Å². The highest BCUT2D eigenvalue weighted by Crippen LogP contribution is 2.58. The zero-order chi connectivity index (χ0) is 16.0. The van der Waals surface area contributed by atoms with Gasteiger partial charge in [-0.15, -0.1) is 0 Å². The van der Waals surface area contributed by atoms with E-state index >= 15 is 0 Å². The summed E-state index contributed by atoms with van der Waals surface area (Å²) >= 11 is 0. The number of hydrogen-bond acceptors (Lipinski definition) is 2. The van der Waals surface area contributed by atoms with Gasteiger partial charge in [0.15, 0.2) is 0 Å². The second kappa shape index (κ2) is 5.59. The summed E-state index contributed by atoms with van der Waals surface area (Å²) in [6, 6.07) is 5.23. The van der Waals surface area contributed by atoms with Crippen molar-refractivity contribution in [2.45, 2.75) is 45.1 Å². The van der Waals surface area contributed by atoms with Crippen molar-refractivity contribution in [2.24, 2.45) is 17.3 Å². The standard InChI is InChI=1S/C19H25FN2O/c1-12-5-6-13-14(3-2-4-16(13)20)17(12)22-18(23)15-11-19(15)7-9-21-10-8-19/h2-4,12,15,17,21H,5-11H2,1H3,(H,22,23). The second-order valence-corrected chi connectivity index (χ2v) is 7.68. The van der Waals surface area contributed by atoms with Crippen LogP contribution >= 0.6 is 0 Å². The molecule has 1 heterocycles. The first-order chi connectivity index (χ1) is 11.1. The summed E-state index contributed by atoms with van der Waals surface area (Å²) in [7, 11) is 0. The zero-order valence-electron chi connectivity index (χ0n) is 13.7. The third-order valence-corrected chi connectivity index (χ3v) is 6.31. The van der Waals surface area contributed by atoms with Crippen LogP contribution in [-0.2, 0) is 11.2 Å². The van der Waals surface area contributed by atoms with Crippen LogP contribution in [0.2, 0.25) is 0 Å². The van der Waals surface area contributed by atoms with E-state index in [1.165, 1.54) is 6.07 Å². The molecule has 1 spiro atoms. The van der Waals surface area contributed by atoms with Crippen molar-refractivity contribution in [3.8, 4) is 0 Å². The number of rotatable bonds is 2. The highest BCUT2D eigenvalue weighted by Gasteiger charge is 2.57. The minimum absolute atomic E-state index is 0.0404. The topological polar surface area (TPSA) is 41.1 Å². The Morgan fingerprint density at radius 2 is 2.13 bits per heavy atom. The zero-order valence-corrected chi connectivity index (χ0v) is 13.7. The fourth-order valence-electron chi connectivity index (χ4n) is 4.65. The van der Waals surface area contributed by atoms with Crippen LogP contribution in [0.3, 0.4) is 0 Å². The quantitative estimate of drug-likeness (QED) is 0.881. The van der Waals surface area contributed by atoms with Gasteiger partial charge in [0, 0.05) is 5.92 Å². The number of piperidine rings is 1. The van der Waals surface area contributed by atoms with Gasteiger partial charge in [0.25, 0.3) is 0 Å². The number of nitrogens with one attached hydrogen (secondary N) is 2. The number of halogens is 1. The van der Waals surface area contributed by atoms with Gasteiger partial charge in [-0.3, -0.25) is 4.79 Å². The van der Waals surface area contributed by atoms with E-state index in [1.807, 2.05) is 6.07 Å². The molecule has 0 radical (unpaired) electrons. The molecule has 3 unspecified atom stereocenters. The molecule has 1 aromatic carbocycles. The minimum Gasteiger partial charge on any atom is -0.349 e. The van der Waals surface area contributed by atoms with Gasteiger partial charge in [0.1, 0.15) is 5.82 Å². The van der Waals surface area contributed by atoms with Gasteiger partial charge in [0.2, 0.25) is 5.91 Å². The number of amides is 1. The van der Waals surface area contributed by atoms with Crippen LogP contribution in [0.1, 0.15) is 49.8 Å².